The molecule has 0 amide bonds. The summed E-state index contributed by atoms with van der Waals surface area (Å²) in [5.74, 6) is 2.68. The Morgan fingerprint density at radius 1 is 1.73 bits per heavy atom. The summed E-state index contributed by atoms with van der Waals surface area (Å²) in [6.07, 6.45) is 0.490. The minimum atomic E-state index is -0.404. The van der Waals surface area contributed by atoms with Gasteiger partial charge in [0.25, 0.3) is 0 Å². The van der Waals surface area contributed by atoms with E-state index in [-0.39, 0.29) is 18.6 Å². The molecule has 1 heterocycles. The molecule has 0 spiro atoms. The first-order chi connectivity index (χ1) is 5.27. The van der Waals surface area contributed by atoms with Gasteiger partial charge >= 0.3 is 0 Å². The predicted octanol–water partition coefficient (Wildman–Crippen LogP) is 0.0781. The van der Waals surface area contributed by atoms with Crippen molar-refractivity contribution in [2.75, 3.05) is 6.61 Å². The van der Waals surface area contributed by atoms with Crippen LogP contribution in [0.2, 0.25) is 0 Å². The van der Waals surface area contributed by atoms with E-state index in [4.69, 9.17) is 29.3 Å². The third-order valence-electron chi connectivity index (χ3n) is 1.71. The average Bonchev–Trinajstić information content (AvgIpc) is 2.33. The molecule has 1 rings (SSSR count). The zero-order valence-corrected chi connectivity index (χ0v) is 6.71. The van der Waals surface area contributed by atoms with Crippen LogP contribution in [-0.4, -0.2) is 31.7 Å². The fourth-order valence-corrected chi connectivity index (χ4v) is 1.26. The Hall–Kier alpha value is -0.165. The Balaban J connectivity index is 2.49. The van der Waals surface area contributed by atoms with Gasteiger partial charge in [-0.15, -0.1) is 0 Å². The second-order valence-electron chi connectivity index (χ2n) is 2.49. The van der Waals surface area contributed by atoms with Crippen molar-refractivity contribution in [1.82, 2.24) is 0 Å². The quantitative estimate of drug-likeness (QED) is 0.446. The fourth-order valence-electron chi connectivity index (χ4n) is 1.12. The Morgan fingerprint density at radius 2 is 2.45 bits per heavy atom. The van der Waals surface area contributed by atoms with Gasteiger partial charge in [-0.25, -0.2) is 0 Å². The molecule has 0 aromatic rings. The number of rotatable bonds is 1. The minimum absolute atomic E-state index is 0.00579. The van der Waals surface area contributed by atoms with Gasteiger partial charge in [-0.1, -0.05) is 5.92 Å². The van der Waals surface area contributed by atoms with Gasteiger partial charge in [0.05, 0.1) is 12.7 Å². The maximum atomic E-state index is 8.71. The lowest BCUT2D eigenvalue weighted by molar-refractivity contribution is 0.0415. The number of ether oxygens (including phenoxy) is 1. The van der Waals surface area contributed by atoms with Crippen molar-refractivity contribution in [1.29, 1.82) is 0 Å². The summed E-state index contributed by atoms with van der Waals surface area (Å²) >= 11 is 5.20. The maximum Gasteiger partial charge on any atom is 0.110 e. The van der Waals surface area contributed by atoms with Crippen molar-refractivity contribution in [3.05, 3.63) is 0 Å². The van der Waals surface area contributed by atoms with Crippen LogP contribution in [-0.2, 0) is 4.74 Å². The molecule has 2 radical (unpaired) electrons. The summed E-state index contributed by atoms with van der Waals surface area (Å²) in [4.78, 5) is 0. The van der Waals surface area contributed by atoms with E-state index in [9.17, 15) is 0 Å². The van der Waals surface area contributed by atoms with Gasteiger partial charge in [0.15, 0.2) is 0 Å². The third kappa shape index (κ3) is 2.13. The van der Waals surface area contributed by atoms with E-state index in [2.05, 4.69) is 11.3 Å². The van der Waals surface area contributed by atoms with Crippen LogP contribution < -0.4 is 0 Å². The van der Waals surface area contributed by atoms with Crippen molar-refractivity contribution in [2.45, 2.75) is 18.5 Å². The Labute approximate surface area is 72.3 Å². The molecule has 0 saturated carbocycles. The monoisotopic (exact) mass is 170 g/mol. The fraction of sp³-hybridized carbons (Fsp3) is 0.714. The number of halogens is 1. The molecule has 11 heavy (non-hydrogen) atoms. The lowest BCUT2D eigenvalue weighted by atomic mass is 9.87. The summed E-state index contributed by atoms with van der Waals surface area (Å²) in [6, 6.07) is -0.404. The number of aliphatic hydroxyl groups is 1. The summed E-state index contributed by atoms with van der Waals surface area (Å²) in [5, 5.41) is 11.0. The van der Waals surface area contributed by atoms with E-state index < -0.39 is 6.00 Å². The molecule has 2 nitrogen and oxygen atoms in total. The predicted molar refractivity (Wildman–Crippen MR) is 43.2 cm³/mol. The highest BCUT2D eigenvalue weighted by Gasteiger charge is 2.29. The van der Waals surface area contributed by atoms with E-state index >= 15 is 0 Å². The van der Waals surface area contributed by atoms with Crippen molar-refractivity contribution >= 4 is 19.4 Å². The van der Waals surface area contributed by atoms with Crippen LogP contribution in [0, 0.1) is 17.2 Å². The first kappa shape index (κ1) is 8.93. The molecule has 0 aliphatic carbocycles. The van der Waals surface area contributed by atoms with Crippen LogP contribution in [0.1, 0.15) is 6.42 Å². The van der Waals surface area contributed by atoms with Gasteiger partial charge < -0.3 is 9.84 Å². The molecule has 0 aromatic carbocycles. The smallest absolute Gasteiger partial charge is 0.110 e. The van der Waals surface area contributed by atoms with Crippen LogP contribution >= 0.6 is 11.6 Å². The van der Waals surface area contributed by atoms with Crippen molar-refractivity contribution in [3.8, 4) is 11.3 Å². The topological polar surface area (TPSA) is 29.5 Å². The molecule has 1 aliphatic heterocycles. The lowest BCUT2D eigenvalue weighted by Gasteiger charge is -2.06. The first-order valence-corrected chi connectivity index (χ1v) is 3.78. The molecule has 3 unspecified atom stereocenters. The van der Waals surface area contributed by atoms with Crippen LogP contribution in [0.15, 0.2) is 0 Å². The van der Waals surface area contributed by atoms with Gasteiger partial charge in [-0.2, -0.15) is 0 Å². The van der Waals surface area contributed by atoms with Crippen molar-refractivity contribution in [3.63, 3.8) is 0 Å². The van der Waals surface area contributed by atoms with Crippen molar-refractivity contribution < 1.29 is 9.84 Å². The Kier molecular flexibility index (Phi) is 3.25. The minimum Gasteiger partial charge on any atom is -0.394 e. The highest BCUT2D eigenvalue weighted by molar-refractivity contribution is 6.30. The van der Waals surface area contributed by atoms with Crippen molar-refractivity contribution in [2.24, 2.45) is 5.92 Å². The summed E-state index contributed by atoms with van der Waals surface area (Å²) < 4.78 is 5.14. The van der Waals surface area contributed by atoms with Crippen LogP contribution in [0.3, 0.4) is 0 Å². The zero-order chi connectivity index (χ0) is 8.27. The summed E-state index contributed by atoms with van der Waals surface area (Å²) in [5.41, 5.74) is 0. The second-order valence-corrected chi connectivity index (χ2v) is 2.68. The molecule has 0 aromatic heterocycles. The summed E-state index contributed by atoms with van der Waals surface area (Å²) in [6.45, 7) is -0.00579. The van der Waals surface area contributed by atoms with E-state index in [0.717, 1.165) is 0 Å². The van der Waals surface area contributed by atoms with E-state index in [1.54, 1.807) is 0 Å². The number of aliphatic hydroxyl groups excluding tert-OH is 1. The number of hydrogen-bond acceptors (Lipinski definition) is 2. The Bertz CT molecular complexity index is 187. The molecule has 3 atom stereocenters. The second kappa shape index (κ2) is 4.01. The van der Waals surface area contributed by atoms with Gasteiger partial charge in [-0.05, 0) is 18.0 Å². The normalized spacial score (nSPS) is 36.4. The van der Waals surface area contributed by atoms with Gasteiger partial charge in [0, 0.05) is 17.3 Å². The summed E-state index contributed by atoms with van der Waals surface area (Å²) in [7, 11) is 5.54. The molecule has 58 valence electrons. The van der Waals surface area contributed by atoms with Gasteiger partial charge in [0.2, 0.25) is 0 Å². The molecular formula is C7H8BClO2. The maximum absolute atomic E-state index is 8.71. The zero-order valence-electron chi connectivity index (χ0n) is 5.96. The van der Waals surface area contributed by atoms with Crippen LogP contribution in [0.25, 0.3) is 0 Å². The first-order valence-electron chi connectivity index (χ1n) is 3.41. The lowest BCUT2D eigenvalue weighted by Crippen LogP contribution is -2.15. The van der Waals surface area contributed by atoms with Crippen LogP contribution in [0.5, 0.6) is 0 Å². The van der Waals surface area contributed by atoms with E-state index in [1.165, 1.54) is 0 Å². The van der Waals surface area contributed by atoms with Gasteiger partial charge in [-0.3, -0.25) is 0 Å². The number of hydrogen-bond donors (Lipinski definition) is 1. The molecule has 0 bridgehead atoms. The molecule has 1 fully saturated rings. The van der Waals surface area contributed by atoms with E-state index in [1.807, 2.05) is 0 Å². The highest BCUT2D eigenvalue weighted by Crippen LogP contribution is 2.23. The SMILES string of the molecule is [B]C1OC(CO)CC1C#CCl. The molecule has 1 saturated heterocycles. The molecule has 4 heteroatoms. The molecule has 1 N–H and O–H groups in total. The van der Waals surface area contributed by atoms with E-state index in [0.29, 0.717) is 6.42 Å². The third-order valence-corrected chi connectivity index (χ3v) is 1.82. The standard InChI is InChI=1S/C7H8BClO2/c8-7-5(1-2-9)3-6(4-10)11-7/h5-7,10H,3-4H2. The van der Waals surface area contributed by atoms with Crippen LogP contribution in [0.4, 0.5) is 0 Å². The Morgan fingerprint density at radius 3 is 2.91 bits per heavy atom. The molecule has 1 aliphatic rings. The van der Waals surface area contributed by atoms with Gasteiger partial charge in [0.1, 0.15) is 7.85 Å². The highest BCUT2D eigenvalue weighted by atomic mass is 35.5. The molecular weight excluding hydrogens is 162 g/mol. The largest absolute Gasteiger partial charge is 0.394 e. The average molecular weight is 170 g/mol.